The number of sulfonamides is 1. The number of nitriles is 1. The first-order chi connectivity index (χ1) is 20.0. The summed E-state index contributed by atoms with van der Waals surface area (Å²) in [4.78, 5) is 23.9. The fourth-order valence-electron chi connectivity index (χ4n) is 5.89. The third-order valence-corrected chi connectivity index (χ3v) is 8.95. The predicted octanol–water partition coefficient (Wildman–Crippen LogP) is 3.64. The van der Waals surface area contributed by atoms with Crippen LogP contribution in [-0.2, 0) is 10.0 Å². The molecule has 0 spiro atoms. The summed E-state index contributed by atoms with van der Waals surface area (Å²) >= 11 is 0. The van der Waals surface area contributed by atoms with Gasteiger partial charge in [0, 0.05) is 62.8 Å². The lowest BCUT2D eigenvalue weighted by molar-refractivity contribution is 0.0745. The zero-order valence-corrected chi connectivity index (χ0v) is 25.4. The van der Waals surface area contributed by atoms with E-state index < -0.39 is 10.0 Å². The number of rotatable bonds is 8. The number of likely N-dealkylation sites (tertiary alicyclic amines) is 1. The van der Waals surface area contributed by atoms with Crippen molar-refractivity contribution >= 4 is 27.4 Å². The van der Waals surface area contributed by atoms with Gasteiger partial charge in [-0.25, -0.2) is 18.5 Å². The van der Waals surface area contributed by atoms with E-state index in [0.29, 0.717) is 43.1 Å². The van der Waals surface area contributed by atoms with Crippen molar-refractivity contribution in [1.82, 2.24) is 14.8 Å². The Morgan fingerprint density at radius 1 is 1.12 bits per heavy atom. The van der Waals surface area contributed by atoms with Crippen LogP contribution in [0.4, 0.5) is 11.5 Å². The molecule has 2 saturated heterocycles. The maximum Gasteiger partial charge on any atom is 0.254 e. The average molecular weight is 590 g/mol. The van der Waals surface area contributed by atoms with Gasteiger partial charge < -0.3 is 20.0 Å². The summed E-state index contributed by atoms with van der Waals surface area (Å²) in [5.41, 5.74) is 5.85. The summed E-state index contributed by atoms with van der Waals surface area (Å²) in [6.07, 6.45) is 6.80. The van der Waals surface area contributed by atoms with Crippen LogP contribution in [0, 0.1) is 32.1 Å². The number of carbonyl (C=O) groups excluding carboxylic acids is 1. The Hall–Kier alpha value is -4.14. The number of aromatic nitrogens is 1. The molecule has 1 aromatic carbocycles. The Bertz CT molecular complexity index is 1560. The Balaban J connectivity index is 1.46. The average Bonchev–Trinajstić information content (AvgIpc) is 2.97. The van der Waals surface area contributed by atoms with E-state index in [-0.39, 0.29) is 16.8 Å². The molecule has 2 fully saturated rings. The number of anilines is 2. The van der Waals surface area contributed by atoms with E-state index in [9.17, 15) is 18.5 Å². The predicted molar refractivity (Wildman–Crippen MR) is 166 cm³/mol. The number of nitrogens with zero attached hydrogens (tertiary/aromatic N) is 5. The summed E-state index contributed by atoms with van der Waals surface area (Å²) in [5.74, 6) is 0.279. The van der Waals surface area contributed by atoms with Crippen LogP contribution in [0.25, 0.3) is 0 Å². The third-order valence-electron chi connectivity index (χ3n) is 8.01. The molecule has 4 rings (SSSR count). The maximum absolute atomic E-state index is 13.8. The minimum atomic E-state index is -3.92. The zero-order valence-electron chi connectivity index (χ0n) is 24.6. The van der Waals surface area contributed by atoms with Gasteiger partial charge in [0.25, 0.3) is 5.91 Å². The summed E-state index contributed by atoms with van der Waals surface area (Å²) in [7, 11) is -3.92. The van der Waals surface area contributed by atoms with Crippen LogP contribution < -0.4 is 15.4 Å². The Morgan fingerprint density at radius 3 is 2.38 bits per heavy atom. The van der Waals surface area contributed by atoms with Crippen LogP contribution in [0.3, 0.4) is 0 Å². The summed E-state index contributed by atoms with van der Waals surface area (Å²) in [6, 6.07) is 7.42. The number of pyridine rings is 1. The van der Waals surface area contributed by atoms with E-state index in [4.69, 9.17) is 5.14 Å². The van der Waals surface area contributed by atoms with Crippen LogP contribution in [0.1, 0.15) is 39.9 Å². The molecule has 2 aliphatic rings. The highest BCUT2D eigenvalue weighted by molar-refractivity contribution is 7.89. The van der Waals surface area contributed by atoms with Crippen LogP contribution in [0.15, 0.2) is 65.9 Å². The van der Waals surface area contributed by atoms with E-state index in [1.807, 2.05) is 29.7 Å². The topological polar surface area (TPSA) is 136 Å². The molecule has 2 aromatic rings. The largest absolute Gasteiger partial charge is 0.382 e. The monoisotopic (exact) mass is 589 g/mol. The number of hydrogen-bond acceptors (Lipinski definition) is 8. The minimum absolute atomic E-state index is 0.0144. The highest BCUT2D eigenvalue weighted by atomic mass is 32.2. The molecule has 1 aromatic heterocycles. The molecule has 222 valence electrons. The lowest BCUT2D eigenvalue weighted by atomic mass is 9.94. The summed E-state index contributed by atoms with van der Waals surface area (Å²) in [5, 5.41) is 18.5. The van der Waals surface area contributed by atoms with Crippen LogP contribution in [0.2, 0.25) is 0 Å². The lowest BCUT2D eigenvalue weighted by Crippen LogP contribution is -2.49. The quantitative estimate of drug-likeness (QED) is 0.352. The zero-order chi connectivity index (χ0) is 30.6. The number of aryl methyl sites for hydroxylation is 2. The fraction of sp³-hybridized carbons (Fsp3) is 0.387. The van der Waals surface area contributed by atoms with Crippen molar-refractivity contribution in [3.05, 3.63) is 83.2 Å². The standard InChI is InChI=1S/C31H39N7O3S/c1-6-8-26(23(4)20-32)36-13-10-25(11-14-36)35-29-22(3)19-21(2)28(24(29)5)31(39)38-17-15-37(16-18-38)30-27(42(33,40)41)9-7-12-34-30/h6-9,12,19,25,35H,1,4,10-11,13-18H2,2-3,5H3,(H2,33,40,41)/b26-8+. The van der Waals surface area contributed by atoms with Crippen molar-refractivity contribution in [3.8, 4) is 6.07 Å². The first kappa shape index (κ1) is 30.8. The van der Waals surface area contributed by atoms with Gasteiger partial charge in [0.2, 0.25) is 10.0 Å². The van der Waals surface area contributed by atoms with Gasteiger partial charge in [0.05, 0.1) is 11.3 Å². The van der Waals surface area contributed by atoms with Crippen molar-refractivity contribution in [2.24, 2.45) is 5.14 Å². The van der Waals surface area contributed by atoms with Gasteiger partial charge in [-0.3, -0.25) is 4.79 Å². The van der Waals surface area contributed by atoms with E-state index >= 15 is 0 Å². The molecule has 0 radical (unpaired) electrons. The number of nitrogens with one attached hydrogen (secondary N) is 1. The number of nitrogens with two attached hydrogens (primary N) is 1. The summed E-state index contributed by atoms with van der Waals surface area (Å²) < 4.78 is 24.1. The first-order valence-corrected chi connectivity index (χ1v) is 15.6. The van der Waals surface area contributed by atoms with Gasteiger partial charge in [0.1, 0.15) is 16.8 Å². The van der Waals surface area contributed by atoms with Crippen molar-refractivity contribution in [2.75, 3.05) is 49.5 Å². The normalized spacial score (nSPS) is 16.6. The number of piperidine rings is 1. The maximum atomic E-state index is 13.8. The van der Waals surface area contributed by atoms with Crippen LogP contribution >= 0.6 is 0 Å². The number of primary sulfonamides is 1. The van der Waals surface area contributed by atoms with Gasteiger partial charge >= 0.3 is 0 Å². The van der Waals surface area contributed by atoms with Crippen LogP contribution in [-0.4, -0.2) is 74.4 Å². The second-order valence-corrected chi connectivity index (χ2v) is 12.3. The number of allylic oxidation sites excluding steroid dienone is 3. The molecule has 0 atom stereocenters. The molecule has 0 saturated carbocycles. The molecule has 0 bridgehead atoms. The third kappa shape index (κ3) is 6.50. The van der Waals surface area contributed by atoms with Gasteiger partial charge in [-0.1, -0.05) is 25.3 Å². The SMILES string of the molecule is C=C/C=C(\C(=C)C#N)N1CCC(Nc2c(C)cc(C)c(C(=O)N3CCN(c4ncccc4S(N)(=O)=O)CC3)c2C)CC1. The molecule has 0 unspecified atom stereocenters. The van der Waals surface area contributed by atoms with E-state index in [0.717, 1.165) is 54.0 Å². The molecule has 2 aliphatic heterocycles. The molecule has 1 amide bonds. The Labute approximate surface area is 248 Å². The molecule has 42 heavy (non-hydrogen) atoms. The second-order valence-electron chi connectivity index (χ2n) is 10.8. The number of carbonyl (C=O) groups is 1. The van der Waals surface area contributed by atoms with Gasteiger partial charge in [-0.2, -0.15) is 5.26 Å². The molecule has 0 aliphatic carbocycles. The number of hydrogen-bond donors (Lipinski definition) is 2. The smallest absolute Gasteiger partial charge is 0.254 e. The van der Waals surface area contributed by atoms with Gasteiger partial charge in [-0.05, 0) is 68.5 Å². The highest BCUT2D eigenvalue weighted by Gasteiger charge is 2.29. The molecule has 3 N–H and O–H groups in total. The van der Waals surface area contributed by atoms with Crippen molar-refractivity contribution in [2.45, 2.75) is 44.6 Å². The first-order valence-electron chi connectivity index (χ1n) is 14.0. The lowest BCUT2D eigenvalue weighted by Gasteiger charge is -2.37. The van der Waals surface area contributed by atoms with Gasteiger partial charge in [0.15, 0.2) is 0 Å². The number of benzene rings is 1. The highest BCUT2D eigenvalue weighted by Crippen LogP contribution is 2.31. The van der Waals surface area contributed by atoms with Crippen LogP contribution in [0.5, 0.6) is 0 Å². The molecule has 3 heterocycles. The number of amides is 1. The molecule has 11 heteroatoms. The summed E-state index contributed by atoms with van der Waals surface area (Å²) in [6.45, 7) is 17.0. The number of piperazine rings is 1. The second kappa shape index (κ2) is 12.8. The Morgan fingerprint density at radius 2 is 1.79 bits per heavy atom. The van der Waals surface area contributed by atoms with Crippen molar-refractivity contribution in [1.29, 1.82) is 5.26 Å². The Kier molecular flexibility index (Phi) is 9.39. The minimum Gasteiger partial charge on any atom is -0.382 e. The van der Waals surface area contributed by atoms with E-state index in [2.05, 4.69) is 47.4 Å². The van der Waals surface area contributed by atoms with Crippen molar-refractivity contribution < 1.29 is 13.2 Å². The van der Waals surface area contributed by atoms with E-state index in [1.165, 1.54) is 6.07 Å². The molecular formula is C31H39N7O3S. The van der Waals surface area contributed by atoms with Gasteiger partial charge in [-0.15, -0.1) is 0 Å². The van der Waals surface area contributed by atoms with E-state index in [1.54, 1.807) is 18.3 Å². The molecule has 10 nitrogen and oxygen atoms in total. The molecular weight excluding hydrogens is 550 g/mol. The fourth-order valence-corrected chi connectivity index (χ4v) is 6.60. The van der Waals surface area contributed by atoms with Crippen molar-refractivity contribution in [3.63, 3.8) is 0 Å².